The Morgan fingerprint density at radius 3 is 2.67 bits per heavy atom. The Bertz CT molecular complexity index is 268. The van der Waals surface area contributed by atoms with Crippen molar-refractivity contribution in [1.29, 1.82) is 0 Å². The van der Waals surface area contributed by atoms with E-state index in [0.717, 1.165) is 23.5 Å². The molecule has 1 rings (SSSR count). The molecule has 3 heteroatoms. The van der Waals surface area contributed by atoms with E-state index in [0.29, 0.717) is 0 Å². The average Bonchev–Trinajstić information content (AvgIpc) is 2.03. The van der Waals surface area contributed by atoms with Crippen LogP contribution in [0.15, 0.2) is 6.20 Å². The third kappa shape index (κ3) is 1.80. The fourth-order valence-corrected chi connectivity index (χ4v) is 1.14. The molecule has 0 aliphatic carbocycles. The summed E-state index contributed by atoms with van der Waals surface area (Å²) < 4.78 is 0. The number of nitrogens with two attached hydrogens (primary N) is 1. The molecule has 0 aliphatic heterocycles. The molecule has 0 amide bonds. The zero-order valence-electron chi connectivity index (χ0n) is 7.83. The van der Waals surface area contributed by atoms with Gasteiger partial charge in [0.25, 0.3) is 0 Å². The van der Waals surface area contributed by atoms with Crippen LogP contribution in [0.2, 0.25) is 0 Å². The summed E-state index contributed by atoms with van der Waals surface area (Å²) in [5.41, 5.74) is 7.76. The van der Waals surface area contributed by atoms with Crippen LogP contribution in [-0.4, -0.2) is 9.97 Å². The molecule has 0 aliphatic rings. The predicted octanol–water partition coefficient (Wildman–Crippen LogP) is 1.37. The maximum absolute atomic E-state index is 5.73. The highest BCUT2D eigenvalue weighted by molar-refractivity contribution is 5.19. The topological polar surface area (TPSA) is 51.8 Å². The van der Waals surface area contributed by atoms with Crippen LogP contribution < -0.4 is 5.73 Å². The lowest BCUT2D eigenvalue weighted by Crippen LogP contribution is -2.10. The van der Waals surface area contributed by atoms with Crippen LogP contribution in [0.25, 0.3) is 0 Å². The number of aromatic nitrogens is 2. The summed E-state index contributed by atoms with van der Waals surface area (Å²) in [6, 6.07) is 0.0240. The monoisotopic (exact) mass is 165 g/mol. The van der Waals surface area contributed by atoms with Gasteiger partial charge in [-0.15, -0.1) is 0 Å². The molecule has 0 bridgehead atoms. The second-order valence-electron chi connectivity index (χ2n) is 2.97. The van der Waals surface area contributed by atoms with Crippen molar-refractivity contribution in [2.24, 2.45) is 5.73 Å². The van der Waals surface area contributed by atoms with Gasteiger partial charge in [0, 0.05) is 29.9 Å². The van der Waals surface area contributed by atoms with Crippen molar-refractivity contribution in [1.82, 2.24) is 9.97 Å². The van der Waals surface area contributed by atoms with Crippen LogP contribution in [0.3, 0.4) is 0 Å². The summed E-state index contributed by atoms with van der Waals surface area (Å²) in [5.74, 6) is 0.886. The van der Waals surface area contributed by atoms with Gasteiger partial charge in [-0.25, -0.2) is 9.97 Å². The fraction of sp³-hybridized carbons (Fsp3) is 0.556. The van der Waals surface area contributed by atoms with Crippen molar-refractivity contribution < 1.29 is 0 Å². The molecule has 3 nitrogen and oxygen atoms in total. The third-order valence-corrected chi connectivity index (χ3v) is 1.87. The van der Waals surface area contributed by atoms with Gasteiger partial charge in [0.05, 0.1) is 0 Å². The summed E-state index contributed by atoms with van der Waals surface area (Å²) in [6.07, 6.45) is 2.70. The third-order valence-electron chi connectivity index (χ3n) is 1.87. The van der Waals surface area contributed by atoms with Gasteiger partial charge in [0.2, 0.25) is 0 Å². The first-order valence-electron chi connectivity index (χ1n) is 4.23. The van der Waals surface area contributed by atoms with Gasteiger partial charge in [-0.3, -0.25) is 0 Å². The quantitative estimate of drug-likeness (QED) is 0.720. The molecule has 0 aromatic carbocycles. The van der Waals surface area contributed by atoms with E-state index in [1.807, 2.05) is 27.0 Å². The first-order valence-corrected chi connectivity index (χ1v) is 4.23. The first-order chi connectivity index (χ1) is 5.65. The second-order valence-corrected chi connectivity index (χ2v) is 2.97. The van der Waals surface area contributed by atoms with Crippen LogP contribution in [-0.2, 0) is 6.42 Å². The smallest absolute Gasteiger partial charge is 0.128 e. The van der Waals surface area contributed by atoms with Gasteiger partial charge in [0.15, 0.2) is 0 Å². The van der Waals surface area contributed by atoms with Gasteiger partial charge in [-0.05, 0) is 13.8 Å². The maximum Gasteiger partial charge on any atom is 0.128 e. The van der Waals surface area contributed by atoms with Crippen molar-refractivity contribution in [3.8, 4) is 0 Å². The fourth-order valence-electron chi connectivity index (χ4n) is 1.14. The predicted molar refractivity (Wildman–Crippen MR) is 48.7 cm³/mol. The van der Waals surface area contributed by atoms with Crippen LogP contribution in [0.4, 0.5) is 0 Å². The van der Waals surface area contributed by atoms with Gasteiger partial charge < -0.3 is 5.73 Å². The minimum Gasteiger partial charge on any atom is -0.324 e. The van der Waals surface area contributed by atoms with Crippen LogP contribution >= 0.6 is 0 Å². The van der Waals surface area contributed by atoms with Crippen LogP contribution in [0, 0.1) is 6.92 Å². The summed E-state index contributed by atoms with van der Waals surface area (Å²) in [7, 11) is 0. The maximum atomic E-state index is 5.73. The lowest BCUT2D eigenvalue weighted by atomic mass is 10.1. The van der Waals surface area contributed by atoms with Gasteiger partial charge in [-0.1, -0.05) is 6.92 Å². The van der Waals surface area contributed by atoms with E-state index in [1.165, 1.54) is 0 Å². The lowest BCUT2D eigenvalue weighted by molar-refractivity contribution is 0.774. The molecule has 1 heterocycles. The van der Waals surface area contributed by atoms with E-state index in [9.17, 15) is 0 Å². The zero-order chi connectivity index (χ0) is 9.14. The van der Waals surface area contributed by atoms with E-state index >= 15 is 0 Å². The largest absolute Gasteiger partial charge is 0.324 e. The second kappa shape index (κ2) is 3.63. The molecule has 1 aromatic rings. The number of hydrogen-bond donors (Lipinski definition) is 1. The van der Waals surface area contributed by atoms with Gasteiger partial charge in [-0.2, -0.15) is 0 Å². The normalized spacial score (nSPS) is 13.0. The van der Waals surface area contributed by atoms with Crippen LogP contribution in [0.1, 0.15) is 37.0 Å². The molecule has 0 spiro atoms. The average molecular weight is 165 g/mol. The molecule has 0 radical (unpaired) electrons. The highest BCUT2D eigenvalue weighted by Crippen LogP contribution is 2.11. The van der Waals surface area contributed by atoms with E-state index < -0.39 is 0 Å². The molecule has 1 aromatic heterocycles. The SMILES string of the molecule is CCc1ncc([C@@H](C)N)c(C)n1. The lowest BCUT2D eigenvalue weighted by Gasteiger charge is -2.08. The Labute approximate surface area is 73.0 Å². The molecule has 66 valence electrons. The number of nitrogens with zero attached hydrogens (tertiary/aromatic N) is 2. The Morgan fingerprint density at radius 2 is 2.25 bits per heavy atom. The Balaban J connectivity index is 3.03. The molecule has 1 atom stereocenters. The van der Waals surface area contributed by atoms with Crippen molar-refractivity contribution >= 4 is 0 Å². The summed E-state index contributed by atoms with van der Waals surface area (Å²) in [5, 5.41) is 0. The highest BCUT2D eigenvalue weighted by Gasteiger charge is 2.05. The van der Waals surface area contributed by atoms with Crippen molar-refractivity contribution in [2.45, 2.75) is 33.2 Å². The molecule has 2 N–H and O–H groups in total. The standard InChI is InChI=1S/C9H15N3/c1-4-9-11-5-8(6(2)10)7(3)12-9/h5-6H,4,10H2,1-3H3/t6-/m1/s1. The van der Waals surface area contributed by atoms with Crippen molar-refractivity contribution in [2.75, 3.05) is 0 Å². The van der Waals surface area contributed by atoms with Gasteiger partial charge in [0.1, 0.15) is 5.82 Å². The molecule has 0 saturated carbocycles. The minimum absolute atomic E-state index is 0.0240. The highest BCUT2D eigenvalue weighted by atomic mass is 14.9. The zero-order valence-corrected chi connectivity index (χ0v) is 7.83. The van der Waals surface area contributed by atoms with E-state index in [4.69, 9.17) is 5.73 Å². The molecule has 12 heavy (non-hydrogen) atoms. The summed E-state index contributed by atoms with van der Waals surface area (Å²) in [6.45, 7) is 5.96. The van der Waals surface area contributed by atoms with E-state index in [-0.39, 0.29) is 6.04 Å². The Morgan fingerprint density at radius 1 is 1.58 bits per heavy atom. The molecular weight excluding hydrogens is 150 g/mol. The first kappa shape index (κ1) is 9.13. The Kier molecular flexibility index (Phi) is 2.76. The molecule has 0 saturated heterocycles. The van der Waals surface area contributed by atoms with Crippen molar-refractivity contribution in [3.63, 3.8) is 0 Å². The number of hydrogen-bond acceptors (Lipinski definition) is 3. The van der Waals surface area contributed by atoms with E-state index in [1.54, 1.807) is 0 Å². The Hall–Kier alpha value is -0.960. The summed E-state index contributed by atoms with van der Waals surface area (Å²) in [4.78, 5) is 8.51. The molecule has 0 unspecified atom stereocenters. The van der Waals surface area contributed by atoms with E-state index in [2.05, 4.69) is 9.97 Å². The van der Waals surface area contributed by atoms with Crippen LogP contribution in [0.5, 0.6) is 0 Å². The summed E-state index contributed by atoms with van der Waals surface area (Å²) >= 11 is 0. The number of aryl methyl sites for hydroxylation is 2. The van der Waals surface area contributed by atoms with Gasteiger partial charge >= 0.3 is 0 Å². The number of rotatable bonds is 2. The molecule has 0 fully saturated rings. The minimum atomic E-state index is 0.0240. The molecular formula is C9H15N3. The van der Waals surface area contributed by atoms with Crippen molar-refractivity contribution in [3.05, 3.63) is 23.3 Å².